The number of pyridine rings is 1. The lowest BCUT2D eigenvalue weighted by Crippen LogP contribution is -2.39. The second kappa shape index (κ2) is 12.8. The van der Waals surface area contributed by atoms with Gasteiger partial charge in [0.2, 0.25) is 0 Å². The summed E-state index contributed by atoms with van der Waals surface area (Å²) in [7, 11) is 0. The molecule has 5 aromatic carbocycles. The minimum Gasteiger partial charge on any atom is -0.348 e. The Bertz CT molecular complexity index is 1950. The third-order valence-electron chi connectivity index (χ3n) is 8.19. The monoisotopic (exact) mass is 598 g/mol. The SMILES string of the molecule is O=C(NCc1ccncc1)c1ccc(-c2ccccc2-c2nnnn2C(c2ccccc2)(c2ccccc2)c2ccccc2)cc1. The van der Waals surface area contributed by atoms with Crippen LogP contribution in [0.1, 0.15) is 32.6 Å². The molecule has 1 amide bonds. The van der Waals surface area contributed by atoms with Gasteiger partial charge in [-0.3, -0.25) is 9.78 Å². The molecule has 0 spiro atoms. The van der Waals surface area contributed by atoms with Crippen LogP contribution in [-0.2, 0) is 12.1 Å². The Labute approximate surface area is 267 Å². The first kappa shape index (κ1) is 28.6. The summed E-state index contributed by atoms with van der Waals surface area (Å²) in [6.07, 6.45) is 3.43. The molecule has 0 radical (unpaired) electrons. The fourth-order valence-corrected chi connectivity index (χ4v) is 6.00. The Kier molecular flexibility index (Phi) is 7.94. The van der Waals surface area contributed by atoms with Crippen molar-refractivity contribution in [2.75, 3.05) is 0 Å². The highest BCUT2D eigenvalue weighted by Gasteiger charge is 2.42. The molecule has 46 heavy (non-hydrogen) atoms. The normalized spacial score (nSPS) is 11.2. The van der Waals surface area contributed by atoms with Gasteiger partial charge in [-0.1, -0.05) is 127 Å². The molecule has 0 atom stereocenters. The minimum atomic E-state index is -0.869. The van der Waals surface area contributed by atoms with Crippen LogP contribution in [-0.4, -0.2) is 31.1 Å². The zero-order valence-electron chi connectivity index (χ0n) is 24.9. The number of hydrogen-bond donors (Lipinski definition) is 1. The van der Waals surface area contributed by atoms with E-state index in [1.54, 1.807) is 12.4 Å². The summed E-state index contributed by atoms with van der Waals surface area (Å²) in [5.41, 5.74) is 6.55. The molecule has 222 valence electrons. The maximum Gasteiger partial charge on any atom is 0.251 e. The second-order valence-electron chi connectivity index (χ2n) is 10.9. The van der Waals surface area contributed by atoms with Crippen LogP contribution in [0.3, 0.4) is 0 Å². The second-order valence-corrected chi connectivity index (χ2v) is 10.9. The quantitative estimate of drug-likeness (QED) is 0.178. The van der Waals surface area contributed by atoms with E-state index in [1.165, 1.54) is 0 Å². The van der Waals surface area contributed by atoms with Crippen LogP contribution in [0.5, 0.6) is 0 Å². The first-order valence-electron chi connectivity index (χ1n) is 15.1. The van der Waals surface area contributed by atoms with Crippen molar-refractivity contribution in [1.82, 2.24) is 30.5 Å². The van der Waals surface area contributed by atoms with Crippen LogP contribution >= 0.6 is 0 Å². The number of benzene rings is 5. The van der Waals surface area contributed by atoms with Crippen molar-refractivity contribution in [1.29, 1.82) is 0 Å². The van der Waals surface area contributed by atoms with Crippen LogP contribution < -0.4 is 5.32 Å². The molecule has 7 nitrogen and oxygen atoms in total. The number of carbonyl (C=O) groups excluding carboxylic acids is 1. The van der Waals surface area contributed by atoms with Crippen molar-refractivity contribution in [3.05, 3.63) is 192 Å². The maximum atomic E-state index is 12.9. The van der Waals surface area contributed by atoms with Gasteiger partial charge in [0.15, 0.2) is 5.82 Å². The van der Waals surface area contributed by atoms with Crippen molar-refractivity contribution >= 4 is 5.91 Å². The number of tetrazole rings is 1. The molecule has 1 N–H and O–H groups in total. The fourth-order valence-electron chi connectivity index (χ4n) is 6.00. The molecule has 0 aliphatic heterocycles. The molecule has 7 rings (SSSR count). The molecular weight excluding hydrogens is 568 g/mol. The van der Waals surface area contributed by atoms with E-state index in [1.807, 2.05) is 114 Å². The summed E-state index contributed by atoms with van der Waals surface area (Å²) >= 11 is 0. The molecule has 2 aromatic heterocycles. The van der Waals surface area contributed by atoms with E-state index in [9.17, 15) is 4.79 Å². The highest BCUT2D eigenvalue weighted by molar-refractivity contribution is 5.95. The molecule has 0 bridgehead atoms. The predicted molar refractivity (Wildman–Crippen MR) is 179 cm³/mol. The van der Waals surface area contributed by atoms with E-state index < -0.39 is 5.54 Å². The number of amides is 1. The van der Waals surface area contributed by atoms with Gasteiger partial charge in [-0.2, -0.15) is 0 Å². The number of rotatable bonds is 9. The van der Waals surface area contributed by atoms with Gasteiger partial charge in [-0.15, -0.1) is 5.10 Å². The van der Waals surface area contributed by atoms with Gasteiger partial charge in [-0.25, -0.2) is 4.68 Å². The van der Waals surface area contributed by atoms with Gasteiger partial charge in [0.25, 0.3) is 5.91 Å². The standard InChI is InChI=1S/C39H30N6O/c46-38(41-28-29-24-26-40-27-25-29)31-22-20-30(21-23-31)35-18-10-11-19-36(35)37-42-43-44-45(37)39(32-12-4-1-5-13-32,33-14-6-2-7-15-33)34-16-8-3-9-17-34/h1-27H,28H2,(H,41,46). The molecule has 0 aliphatic carbocycles. The Morgan fingerprint density at radius 3 is 1.70 bits per heavy atom. The highest BCUT2D eigenvalue weighted by atomic mass is 16.1. The van der Waals surface area contributed by atoms with Crippen molar-refractivity contribution in [2.45, 2.75) is 12.1 Å². The molecule has 0 unspecified atom stereocenters. The van der Waals surface area contributed by atoms with Crippen LogP contribution in [0, 0.1) is 0 Å². The van der Waals surface area contributed by atoms with E-state index in [4.69, 9.17) is 5.21 Å². The van der Waals surface area contributed by atoms with E-state index in [-0.39, 0.29) is 5.91 Å². The Morgan fingerprint density at radius 1 is 0.609 bits per heavy atom. The van der Waals surface area contributed by atoms with Crippen LogP contribution in [0.4, 0.5) is 0 Å². The first-order valence-corrected chi connectivity index (χ1v) is 15.1. The lowest BCUT2D eigenvalue weighted by atomic mass is 9.77. The Hall–Kier alpha value is -6.21. The summed E-state index contributed by atoms with van der Waals surface area (Å²) < 4.78 is 1.94. The summed E-state index contributed by atoms with van der Waals surface area (Å²) in [5, 5.41) is 16.6. The van der Waals surface area contributed by atoms with Crippen molar-refractivity contribution < 1.29 is 4.79 Å². The molecular formula is C39H30N6O. The van der Waals surface area contributed by atoms with Crippen LogP contribution in [0.2, 0.25) is 0 Å². The van der Waals surface area contributed by atoms with Crippen molar-refractivity contribution in [3.63, 3.8) is 0 Å². The summed E-state index contributed by atoms with van der Waals surface area (Å²) in [6.45, 7) is 0.431. The third kappa shape index (κ3) is 5.35. The zero-order chi connectivity index (χ0) is 31.2. The number of hydrogen-bond acceptors (Lipinski definition) is 5. The first-order chi connectivity index (χ1) is 22.7. The summed E-state index contributed by atoms with van der Waals surface area (Å²) in [5.74, 6) is 0.477. The largest absolute Gasteiger partial charge is 0.348 e. The maximum absolute atomic E-state index is 12.9. The van der Waals surface area contributed by atoms with E-state index in [2.05, 4.69) is 63.1 Å². The molecule has 0 aliphatic rings. The fraction of sp³-hybridized carbons (Fsp3) is 0.0513. The van der Waals surface area contributed by atoms with E-state index in [0.29, 0.717) is 17.9 Å². The zero-order valence-corrected chi connectivity index (χ0v) is 24.9. The number of nitrogens with zero attached hydrogens (tertiary/aromatic N) is 5. The summed E-state index contributed by atoms with van der Waals surface area (Å²) in [4.78, 5) is 17.0. The number of carbonyl (C=O) groups is 1. The number of aromatic nitrogens is 5. The molecule has 0 saturated carbocycles. The van der Waals surface area contributed by atoms with Crippen molar-refractivity contribution in [2.24, 2.45) is 0 Å². The predicted octanol–water partition coefficient (Wildman–Crippen LogP) is 7.17. The Balaban J connectivity index is 1.33. The molecule has 7 heteroatoms. The minimum absolute atomic E-state index is 0.140. The van der Waals surface area contributed by atoms with Crippen molar-refractivity contribution in [3.8, 4) is 22.5 Å². The van der Waals surface area contributed by atoms with E-state index in [0.717, 1.165) is 38.9 Å². The van der Waals surface area contributed by atoms with Gasteiger partial charge < -0.3 is 5.32 Å². The van der Waals surface area contributed by atoms with Gasteiger partial charge in [0.1, 0.15) is 5.54 Å². The molecule has 2 heterocycles. The lowest BCUT2D eigenvalue weighted by molar-refractivity contribution is 0.0951. The summed E-state index contributed by atoms with van der Waals surface area (Å²) in [6, 6.07) is 50.5. The molecule has 0 saturated heterocycles. The highest BCUT2D eigenvalue weighted by Crippen LogP contribution is 2.43. The Morgan fingerprint density at radius 2 is 1.13 bits per heavy atom. The topological polar surface area (TPSA) is 85.6 Å². The average molecular weight is 599 g/mol. The number of nitrogens with one attached hydrogen (secondary N) is 1. The molecule has 7 aromatic rings. The third-order valence-corrected chi connectivity index (χ3v) is 8.19. The lowest BCUT2D eigenvalue weighted by Gasteiger charge is -2.36. The van der Waals surface area contributed by atoms with E-state index >= 15 is 0 Å². The van der Waals surface area contributed by atoms with Gasteiger partial charge in [0, 0.05) is 30.1 Å². The smallest absolute Gasteiger partial charge is 0.251 e. The van der Waals surface area contributed by atoms with Gasteiger partial charge in [0.05, 0.1) is 0 Å². The van der Waals surface area contributed by atoms with Crippen LogP contribution in [0.15, 0.2) is 164 Å². The van der Waals surface area contributed by atoms with Gasteiger partial charge in [-0.05, 0) is 68.1 Å². The van der Waals surface area contributed by atoms with Crippen LogP contribution in [0.25, 0.3) is 22.5 Å². The van der Waals surface area contributed by atoms with Gasteiger partial charge >= 0.3 is 0 Å². The average Bonchev–Trinajstić information content (AvgIpc) is 3.63. The molecule has 0 fully saturated rings.